The third-order valence-electron chi connectivity index (χ3n) is 8.36. The number of ether oxygens (including phenoxy) is 6. The molecule has 7 heteroatoms. The van der Waals surface area contributed by atoms with Crippen molar-refractivity contribution in [2.75, 3.05) is 52.7 Å². The molecule has 0 bridgehead atoms. The average molecular weight is 646 g/mol. The molecule has 0 fully saturated rings. The van der Waals surface area contributed by atoms with E-state index in [2.05, 4.69) is 5.32 Å². The van der Waals surface area contributed by atoms with Crippen LogP contribution in [-0.4, -0.2) is 64.7 Å². The van der Waals surface area contributed by atoms with Crippen molar-refractivity contribution in [3.05, 3.63) is 0 Å². The lowest BCUT2D eigenvalue weighted by atomic mass is 10.0. The number of rotatable bonds is 38. The molecule has 1 N–H and O–H groups in total. The Morgan fingerprint density at radius 3 is 0.711 bits per heavy atom. The highest BCUT2D eigenvalue weighted by Crippen LogP contribution is 2.25. The van der Waals surface area contributed by atoms with Crippen LogP contribution in [-0.2, 0) is 28.4 Å². The van der Waals surface area contributed by atoms with Crippen LogP contribution in [0.3, 0.4) is 0 Å². The number of unbranched alkanes of at least 4 members (excludes halogenated alkanes) is 18. The molecule has 0 radical (unpaired) electrons. The van der Waals surface area contributed by atoms with E-state index in [9.17, 15) is 0 Å². The molecule has 0 aliphatic heterocycles. The summed E-state index contributed by atoms with van der Waals surface area (Å²) in [7, 11) is 0. The zero-order valence-electron chi connectivity index (χ0n) is 31.2. The quantitative estimate of drug-likeness (QED) is 0.0529. The molecule has 0 heterocycles. The summed E-state index contributed by atoms with van der Waals surface area (Å²) < 4.78 is 35.0. The maximum atomic E-state index is 5.83. The Balaban J connectivity index is 3.44. The van der Waals surface area contributed by atoms with Crippen molar-refractivity contribution in [1.82, 2.24) is 5.32 Å². The van der Waals surface area contributed by atoms with Gasteiger partial charge in [0.15, 0.2) is 0 Å². The number of hydrogen-bond donors (Lipinski definition) is 1. The molecular formula is C38H79NO6. The second kappa shape index (κ2) is 33.6. The zero-order valence-corrected chi connectivity index (χ0v) is 31.2. The minimum Gasteiger partial charge on any atom is -0.328 e. The Kier molecular flexibility index (Phi) is 33.4. The Bertz CT molecular complexity index is 496. The number of nitrogens with one attached hydrogen (secondary N) is 1. The Labute approximate surface area is 280 Å². The van der Waals surface area contributed by atoms with Crippen LogP contribution < -0.4 is 5.32 Å². The molecule has 0 aliphatic carbocycles. The molecule has 0 saturated carbocycles. The fraction of sp³-hybridized carbons (Fsp3) is 1.00. The van der Waals surface area contributed by atoms with Crippen molar-refractivity contribution in [2.45, 2.75) is 195 Å². The highest BCUT2D eigenvalue weighted by molar-refractivity contribution is 4.61. The molecule has 0 aromatic carbocycles. The lowest BCUT2D eigenvalue weighted by molar-refractivity contribution is -0.380. The van der Waals surface area contributed by atoms with Gasteiger partial charge in [-0.05, 0) is 80.3 Å². The smallest absolute Gasteiger partial charge is 0.282 e. The highest BCUT2D eigenvalue weighted by atomic mass is 16.9. The van der Waals surface area contributed by atoms with Gasteiger partial charge in [0.1, 0.15) is 0 Å². The lowest BCUT2D eigenvalue weighted by Crippen LogP contribution is -2.39. The van der Waals surface area contributed by atoms with E-state index in [4.69, 9.17) is 28.4 Å². The summed E-state index contributed by atoms with van der Waals surface area (Å²) in [5.41, 5.74) is 0. The van der Waals surface area contributed by atoms with E-state index in [1.54, 1.807) is 0 Å². The van der Waals surface area contributed by atoms with Gasteiger partial charge >= 0.3 is 0 Å². The van der Waals surface area contributed by atoms with Crippen LogP contribution in [0.5, 0.6) is 0 Å². The van der Waals surface area contributed by atoms with Gasteiger partial charge in [0.05, 0.1) is 0 Å². The van der Waals surface area contributed by atoms with Gasteiger partial charge in [0, 0.05) is 52.5 Å². The number of hydrogen-bond acceptors (Lipinski definition) is 7. The van der Waals surface area contributed by atoms with Crippen molar-refractivity contribution < 1.29 is 28.4 Å². The summed E-state index contributed by atoms with van der Waals surface area (Å²) in [6.45, 7) is 18.1. The van der Waals surface area contributed by atoms with Crippen LogP contribution in [0, 0.1) is 0 Å². The van der Waals surface area contributed by atoms with Crippen LogP contribution in [0.25, 0.3) is 0 Å². The maximum Gasteiger partial charge on any atom is 0.282 e. The van der Waals surface area contributed by atoms with E-state index < -0.39 is 11.9 Å². The van der Waals surface area contributed by atoms with Gasteiger partial charge < -0.3 is 33.7 Å². The first-order chi connectivity index (χ1) is 22.1. The first-order valence-corrected chi connectivity index (χ1v) is 19.6. The normalized spacial score (nSPS) is 12.4. The van der Waals surface area contributed by atoms with E-state index in [0.717, 1.165) is 25.7 Å². The zero-order chi connectivity index (χ0) is 33.2. The van der Waals surface area contributed by atoms with Crippen LogP contribution in [0.15, 0.2) is 0 Å². The molecule has 0 spiro atoms. The van der Waals surface area contributed by atoms with Gasteiger partial charge in [-0.1, -0.05) is 103 Å². The van der Waals surface area contributed by atoms with Crippen molar-refractivity contribution in [2.24, 2.45) is 0 Å². The van der Waals surface area contributed by atoms with Gasteiger partial charge in [0.25, 0.3) is 11.9 Å². The first-order valence-electron chi connectivity index (χ1n) is 19.6. The van der Waals surface area contributed by atoms with Gasteiger partial charge in [-0.2, -0.15) is 0 Å². The van der Waals surface area contributed by atoms with E-state index in [1.807, 2.05) is 41.5 Å². The van der Waals surface area contributed by atoms with E-state index in [0.29, 0.717) is 39.6 Å². The largest absolute Gasteiger partial charge is 0.328 e. The summed E-state index contributed by atoms with van der Waals surface area (Å²) >= 11 is 0. The van der Waals surface area contributed by atoms with E-state index >= 15 is 0 Å². The minimum absolute atomic E-state index is 0.613. The average Bonchev–Trinajstić information content (AvgIpc) is 3.02. The summed E-state index contributed by atoms with van der Waals surface area (Å²) in [5, 5.41) is 3.66. The predicted molar refractivity (Wildman–Crippen MR) is 190 cm³/mol. The van der Waals surface area contributed by atoms with E-state index in [-0.39, 0.29) is 0 Å². The van der Waals surface area contributed by atoms with Gasteiger partial charge in [0.2, 0.25) is 0 Å². The maximum absolute atomic E-state index is 5.83. The molecule has 0 aromatic heterocycles. The Morgan fingerprint density at radius 2 is 0.489 bits per heavy atom. The molecule has 0 aliphatic rings. The lowest BCUT2D eigenvalue weighted by Gasteiger charge is -2.32. The molecule has 0 atom stereocenters. The molecule has 45 heavy (non-hydrogen) atoms. The fourth-order valence-electron chi connectivity index (χ4n) is 6.14. The first kappa shape index (κ1) is 44.7. The summed E-state index contributed by atoms with van der Waals surface area (Å²) in [5.74, 6) is -1.66. The second-order valence-corrected chi connectivity index (χ2v) is 12.3. The minimum atomic E-state index is -0.830. The van der Waals surface area contributed by atoms with E-state index in [1.165, 1.54) is 129 Å². The van der Waals surface area contributed by atoms with Gasteiger partial charge in [-0.15, -0.1) is 0 Å². The molecule has 272 valence electrons. The third kappa shape index (κ3) is 26.4. The van der Waals surface area contributed by atoms with Crippen molar-refractivity contribution in [3.63, 3.8) is 0 Å². The van der Waals surface area contributed by atoms with Gasteiger partial charge in [-0.3, -0.25) is 0 Å². The Morgan fingerprint density at radius 1 is 0.289 bits per heavy atom. The predicted octanol–water partition coefficient (Wildman–Crippen LogP) is 10.7. The van der Waals surface area contributed by atoms with Gasteiger partial charge in [-0.25, -0.2) is 0 Å². The summed E-state index contributed by atoms with van der Waals surface area (Å²) in [4.78, 5) is 0. The van der Waals surface area contributed by atoms with Crippen molar-refractivity contribution in [1.29, 1.82) is 0 Å². The molecule has 0 aromatic rings. The fourth-order valence-corrected chi connectivity index (χ4v) is 6.14. The molecule has 0 unspecified atom stereocenters. The van der Waals surface area contributed by atoms with Crippen molar-refractivity contribution in [3.8, 4) is 0 Å². The Hall–Kier alpha value is -0.280. The highest BCUT2D eigenvalue weighted by Gasteiger charge is 2.32. The molecule has 0 saturated heterocycles. The second-order valence-electron chi connectivity index (χ2n) is 12.3. The molecule has 0 rings (SSSR count). The van der Waals surface area contributed by atoms with Crippen LogP contribution in [0.4, 0.5) is 0 Å². The summed E-state index contributed by atoms with van der Waals surface area (Å²) in [6.07, 6.45) is 28.0. The molecule has 7 nitrogen and oxygen atoms in total. The standard InChI is InChI=1S/C38H79NO6/c1-7-40-37(41-8-2,42-9-3)33-29-25-21-17-13-15-19-23-27-31-35-39-36-32-28-24-20-16-14-18-22-26-30-34-38(43-10-4,44-11-5)45-12-6/h39H,7-36H2,1-6H3. The third-order valence-corrected chi connectivity index (χ3v) is 8.36. The topological polar surface area (TPSA) is 67.4 Å². The molecular weight excluding hydrogens is 566 g/mol. The monoisotopic (exact) mass is 646 g/mol. The summed E-state index contributed by atoms with van der Waals surface area (Å²) in [6, 6.07) is 0. The SMILES string of the molecule is CCOC(CCCCCCCCCCCCNCCCCCCCCCCCCC(OCC)(OCC)OCC)(OCC)OCC. The van der Waals surface area contributed by atoms with Crippen LogP contribution in [0.2, 0.25) is 0 Å². The van der Waals surface area contributed by atoms with Crippen LogP contribution in [0.1, 0.15) is 183 Å². The molecule has 0 amide bonds. The van der Waals surface area contributed by atoms with Crippen molar-refractivity contribution >= 4 is 0 Å². The van der Waals surface area contributed by atoms with Crippen LogP contribution >= 0.6 is 0 Å².